The van der Waals surface area contributed by atoms with Gasteiger partial charge >= 0.3 is 0 Å². The number of nitrogens with zero attached hydrogens (tertiary/aromatic N) is 2. The summed E-state index contributed by atoms with van der Waals surface area (Å²) in [4.78, 5) is 18.3. The van der Waals surface area contributed by atoms with Gasteiger partial charge in [0.05, 0.1) is 16.8 Å². The number of hydrogen-bond acceptors (Lipinski definition) is 4. The Morgan fingerprint density at radius 3 is 2.87 bits per heavy atom. The number of benzene rings is 2. The van der Waals surface area contributed by atoms with Crippen LogP contribution >= 0.6 is 22.9 Å². The first-order chi connectivity index (χ1) is 11.1. The van der Waals surface area contributed by atoms with Gasteiger partial charge in [0.1, 0.15) is 10.8 Å². The molecule has 3 rings (SSSR count). The first kappa shape index (κ1) is 15.8. The number of thiazole rings is 1. The number of hydrogen-bond donors (Lipinski definition) is 0. The van der Waals surface area contributed by atoms with Gasteiger partial charge < -0.3 is 9.64 Å². The lowest BCUT2D eigenvalue weighted by Crippen LogP contribution is -2.30. The molecule has 1 amide bonds. The van der Waals surface area contributed by atoms with Crippen molar-refractivity contribution in [3.8, 4) is 5.75 Å². The highest BCUT2D eigenvalue weighted by Gasteiger charge is 2.13. The number of carbonyl (C=O) groups excluding carboxylic acids is 1. The number of ether oxygens (including phenoxy) is 1. The summed E-state index contributed by atoms with van der Waals surface area (Å²) in [6, 6.07) is 14.9. The molecule has 2 aromatic carbocycles. The fourth-order valence-electron chi connectivity index (χ4n) is 2.09. The molecule has 0 saturated carbocycles. The first-order valence-corrected chi connectivity index (χ1v) is 8.28. The quantitative estimate of drug-likeness (QED) is 0.701. The van der Waals surface area contributed by atoms with Crippen molar-refractivity contribution in [2.75, 3.05) is 13.7 Å². The summed E-state index contributed by atoms with van der Waals surface area (Å²) >= 11 is 7.48. The highest BCUT2D eigenvalue weighted by molar-refractivity contribution is 7.18. The predicted molar refractivity (Wildman–Crippen MR) is 93.0 cm³/mol. The Hall–Kier alpha value is -2.11. The summed E-state index contributed by atoms with van der Waals surface area (Å²) in [5, 5.41) is 1.49. The summed E-state index contributed by atoms with van der Waals surface area (Å²) in [5.74, 6) is 0.475. The third-order valence-corrected chi connectivity index (χ3v) is 4.55. The molecule has 0 spiro atoms. The van der Waals surface area contributed by atoms with Crippen LogP contribution in [0.2, 0.25) is 5.02 Å². The van der Waals surface area contributed by atoms with Crippen molar-refractivity contribution in [2.24, 2.45) is 0 Å². The average Bonchev–Trinajstić information content (AvgIpc) is 2.94. The topological polar surface area (TPSA) is 42.4 Å². The van der Waals surface area contributed by atoms with Gasteiger partial charge in [-0.25, -0.2) is 4.98 Å². The predicted octanol–water partition coefficient (Wildman–Crippen LogP) is 3.99. The smallest absolute Gasteiger partial charge is 0.260 e. The molecule has 6 heteroatoms. The number of para-hydroxylation sites is 1. The van der Waals surface area contributed by atoms with E-state index in [2.05, 4.69) is 4.98 Å². The van der Waals surface area contributed by atoms with Gasteiger partial charge in [0, 0.05) is 12.1 Å². The maximum absolute atomic E-state index is 12.2. The van der Waals surface area contributed by atoms with Crippen molar-refractivity contribution in [1.29, 1.82) is 0 Å². The average molecular weight is 347 g/mol. The molecule has 118 valence electrons. The minimum absolute atomic E-state index is 0.0261. The molecule has 3 aromatic rings. The maximum atomic E-state index is 12.2. The van der Waals surface area contributed by atoms with E-state index < -0.39 is 0 Å². The van der Waals surface area contributed by atoms with Gasteiger partial charge in [-0.05, 0) is 30.3 Å². The Bertz CT molecular complexity index is 801. The monoisotopic (exact) mass is 346 g/mol. The summed E-state index contributed by atoms with van der Waals surface area (Å²) in [6.07, 6.45) is 0. The third-order valence-electron chi connectivity index (χ3n) is 3.29. The zero-order chi connectivity index (χ0) is 16.2. The molecule has 0 aliphatic rings. The lowest BCUT2D eigenvalue weighted by atomic mass is 10.3. The van der Waals surface area contributed by atoms with E-state index in [1.54, 1.807) is 47.5 Å². The van der Waals surface area contributed by atoms with E-state index in [0.717, 1.165) is 15.2 Å². The summed E-state index contributed by atoms with van der Waals surface area (Å²) in [7, 11) is 1.75. The van der Waals surface area contributed by atoms with Crippen molar-refractivity contribution < 1.29 is 9.53 Å². The van der Waals surface area contributed by atoms with Gasteiger partial charge in [-0.2, -0.15) is 0 Å². The summed E-state index contributed by atoms with van der Waals surface area (Å²) in [5.41, 5.74) is 0.962. The Morgan fingerprint density at radius 2 is 2.09 bits per heavy atom. The van der Waals surface area contributed by atoms with E-state index in [9.17, 15) is 4.79 Å². The molecule has 0 aliphatic carbocycles. The van der Waals surface area contributed by atoms with Crippen LogP contribution in [0, 0.1) is 0 Å². The third kappa shape index (κ3) is 4.00. The fourth-order valence-corrected chi connectivity index (χ4v) is 3.29. The van der Waals surface area contributed by atoms with Gasteiger partial charge in [-0.1, -0.05) is 29.8 Å². The number of aromatic nitrogens is 1. The van der Waals surface area contributed by atoms with Crippen molar-refractivity contribution in [2.45, 2.75) is 6.54 Å². The Labute approximate surface area is 143 Å². The van der Waals surface area contributed by atoms with Crippen LogP contribution in [0.25, 0.3) is 10.2 Å². The van der Waals surface area contributed by atoms with E-state index in [-0.39, 0.29) is 12.5 Å². The standard InChI is InChI=1S/C17H15ClN2O2S/c1-20(10-16-19-14-7-2-3-8-15(14)23-16)17(21)11-22-13-6-4-5-12(18)9-13/h2-9H,10-11H2,1H3. The van der Waals surface area contributed by atoms with E-state index in [1.807, 2.05) is 24.3 Å². The molecule has 0 N–H and O–H groups in total. The normalized spacial score (nSPS) is 10.7. The first-order valence-electron chi connectivity index (χ1n) is 7.08. The van der Waals surface area contributed by atoms with E-state index in [0.29, 0.717) is 17.3 Å². The number of fused-ring (bicyclic) bond motifs is 1. The molecule has 0 fully saturated rings. The zero-order valence-electron chi connectivity index (χ0n) is 12.5. The minimum Gasteiger partial charge on any atom is -0.484 e. The van der Waals surface area contributed by atoms with E-state index in [4.69, 9.17) is 16.3 Å². The van der Waals surface area contributed by atoms with E-state index >= 15 is 0 Å². The Balaban J connectivity index is 1.58. The van der Waals surface area contributed by atoms with Gasteiger partial charge in [-0.15, -0.1) is 11.3 Å². The fraction of sp³-hybridized carbons (Fsp3) is 0.176. The van der Waals surface area contributed by atoms with Crippen LogP contribution in [-0.2, 0) is 11.3 Å². The summed E-state index contributed by atoms with van der Waals surface area (Å²) in [6.45, 7) is 0.443. The molecule has 0 aliphatic heterocycles. The van der Waals surface area contributed by atoms with Crippen molar-refractivity contribution in [3.05, 3.63) is 58.6 Å². The molecule has 4 nitrogen and oxygen atoms in total. The number of halogens is 1. The van der Waals surface area contributed by atoms with Crippen molar-refractivity contribution >= 4 is 39.1 Å². The largest absolute Gasteiger partial charge is 0.484 e. The molecule has 0 unspecified atom stereocenters. The molecule has 1 heterocycles. The van der Waals surface area contributed by atoms with Crippen LogP contribution in [0.1, 0.15) is 5.01 Å². The molecule has 23 heavy (non-hydrogen) atoms. The number of amides is 1. The highest BCUT2D eigenvalue weighted by Crippen LogP contribution is 2.22. The van der Waals surface area contributed by atoms with E-state index in [1.165, 1.54) is 0 Å². The molecule has 0 bridgehead atoms. The maximum Gasteiger partial charge on any atom is 0.260 e. The van der Waals surface area contributed by atoms with Crippen LogP contribution in [0.3, 0.4) is 0 Å². The Morgan fingerprint density at radius 1 is 1.26 bits per heavy atom. The Kier molecular flexibility index (Phi) is 4.79. The second kappa shape index (κ2) is 6.98. The van der Waals surface area contributed by atoms with Gasteiger partial charge in [0.25, 0.3) is 5.91 Å². The zero-order valence-corrected chi connectivity index (χ0v) is 14.1. The van der Waals surface area contributed by atoms with Crippen LogP contribution in [0.4, 0.5) is 0 Å². The second-order valence-corrected chi connectivity index (χ2v) is 6.62. The van der Waals surface area contributed by atoms with Crippen LogP contribution < -0.4 is 4.74 Å². The van der Waals surface area contributed by atoms with Crippen LogP contribution in [0.5, 0.6) is 5.75 Å². The summed E-state index contributed by atoms with van der Waals surface area (Å²) < 4.78 is 6.60. The minimum atomic E-state index is -0.107. The lowest BCUT2D eigenvalue weighted by molar-refractivity contribution is -0.132. The van der Waals surface area contributed by atoms with Crippen molar-refractivity contribution in [1.82, 2.24) is 9.88 Å². The molecule has 0 atom stereocenters. The van der Waals surface area contributed by atoms with Crippen molar-refractivity contribution in [3.63, 3.8) is 0 Å². The van der Waals surface area contributed by atoms with Gasteiger partial charge in [0.2, 0.25) is 0 Å². The highest BCUT2D eigenvalue weighted by atomic mass is 35.5. The molecule has 0 radical (unpaired) electrons. The lowest BCUT2D eigenvalue weighted by Gasteiger charge is -2.16. The SMILES string of the molecule is CN(Cc1nc2ccccc2s1)C(=O)COc1cccc(Cl)c1. The van der Waals surface area contributed by atoms with Gasteiger partial charge in [-0.3, -0.25) is 4.79 Å². The molecule has 0 saturated heterocycles. The van der Waals surface area contributed by atoms with Crippen LogP contribution in [-0.4, -0.2) is 29.4 Å². The second-order valence-electron chi connectivity index (χ2n) is 5.07. The number of carbonyl (C=O) groups is 1. The van der Waals surface area contributed by atoms with Gasteiger partial charge in [0.15, 0.2) is 6.61 Å². The number of rotatable bonds is 5. The van der Waals surface area contributed by atoms with Crippen LogP contribution in [0.15, 0.2) is 48.5 Å². The molecular weight excluding hydrogens is 332 g/mol. The number of likely N-dealkylation sites (N-methyl/N-ethyl adjacent to an activating group) is 1. The molecule has 1 aromatic heterocycles. The molecular formula is C17H15ClN2O2S.